The lowest BCUT2D eigenvalue weighted by molar-refractivity contribution is -0.131. The third-order valence-electron chi connectivity index (χ3n) is 2.38. The molecule has 0 fully saturated rings. The fraction of sp³-hybridized carbons (Fsp3) is 0.214. The third kappa shape index (κ3) is 4.32. The number of ether oxygens (including phenoxy) is 1. The van der Waals surface area contributed by atoms with Crippen LogP contribution in [-0.4, -0.2) is 31.9 Å². The van der Waals surface area contributed by atoms with Gasteiger partial charge in [-0.05, 0) is 32.0 Å². The lowest BCUT2D eigenvalue weighted by Crippen LogP contribution is -2.05. The second-order valence-electron chi connectivity index (χ2n) is 4.54. The Bertz CT molecular complexity index is 680. The van der Waals surface area contributed by atoms with Crippen LogP contribution in [0.5, 0.6) is 5.75 Å². The Morgan fingerprint density at radius 2 is 2.19 bits per heavy atom. The second-order valence-corrected chi connectivity index (χ2v) is 4.98. The predicted molar refractivity (Wildman–Crippen MR) is 79.2 cm³/mol. The molecule has 1 heterocycles. The first-order chi connectivity index (χ1) is 9.94. The van der Waals surface area contributed by atoms with E-state index in [4.69, 9.17) is 21.4 Å². The molecule has 0 saturated carbocycles. The highest BCUT2D eigenvalue weighted by atomic mass is 35.5. The molecule has 0 bridgehead atoms. The van der Waals surface area contributed by atoms with Gasteiger partial charge in [0.25, 0.3) is 0 Å². The first-order valence-electron chi connectivity index (χ1n) is 6.24. The molecule has 0 saturated heterocycles. The zero-order valence-corrected chi connectivity index (χ0v) is 12.3. The van der Waals surface area contributed by atoms with Crippen LogP contribution in [0.1, 0.15) is 13.8 Å². The summed E-state index contributed by atoms with van der Waals surface area (Å²) in [5, 5.41) is 13.2. The van der Waals surface area contributed by atoms with Gasteiger partial charge in [0.2, 0.25) is 0 Å². The number of carbonyl (C=O) groups is 1. The van der Waals surface area contributed by atoms with Gasteiger partial charge in [0.1, 0.15) is 12.1 Å². The lowest BCUT2D eigenvalue weighted by atomic mass is 10.2. The molecule has 7 heteroatoms. The van der Waals surface area contributed by atoms with Crippen LogP contribution in [0, 0.1) is 0 Å². The number of nitrogens with zero attached hydrogens (tertiary/aromatic N) is 3. The number of carboxylic acid groups (broad SMARTS) is 1. The number of benzene rings is 1. The largest absolute Gasteiger partial charge is 0.491 e. The average molecular weight is 308 g/mol. The van der Waals surface area contributed by atoms with Crippen molar-refractivity contribution < 1.29 is 14.6 Å². The monoisotopic (exact) mass is 307 g/mol. The lowest BCUT2D eigenvalue weighted by Gasteiger charge is -2.10. The maximum Gasteiger partial charge on any atom is 0.329 e. The van der Waals surface area contributed by atoms with Crippen LogP contribution in [0.25, 0.3) is 17.6 Å². The van der Waals surface area contributed by atoms with Crippen LogP contribution in [0.15, 0.2) is 30.6 Å². The summed E-state index contributed by atoms with van der Waals surface area (Å²) in [4.78, 5) is 14.6. The maximum atomic E-state index is 10.5. The molecule has 21 heavy (non-hydrogen) atoms. The van der Waals surface area contributed by atoms with E-state index in [0.717, 1.165) is 6.08 Å². The highest BCUT2D eigenvalue weighted by Crippen LogP contribution is 2.27. The Hall–Kier alpha value is -2.34. The van der Waals surface area contributed by atoms with Crippen LogP contribution < -0.4 is 4.74 Å². The van der Waals surface area contributed by atoms with E-state index in [1.54, 1.807) is 18.2 Å². The number of hydrogen-bond donors (Lipinski definition) is 1. The molecule has 1 N–H and O–H groups in total. The van der Waals surface area contributed by atoms with E-state index in [1.807, 2.05) is 13.8 Å². The molecule has 0 spiro atoms. The summed E-state index contributed by atoms with van der Waals surface area (Å²) in [6, 6.07) is 5.22. The molecule has 0 aliphatic heterocycles. The summed E-state index contributed by atoms with van der Waals surface area (Å²) in [6.07, 6.45) is 3.72. The second kappa shape index (κ2) is 6.41. The molecular weight excluding hydrogens is 294 g/mol. The molecule has 0 aliphatic carbocycles. The molecule has 2 aromatic rings. The van der Waals surface area contributed by atoms with Gasteiger partial charge in [0.05, 0.1) is 6.10 Å². The van der Waals surface area contributed by atoms with E-state index in [9.17, 15) is 4.79 Å². The number of rotatable bonds is 5. The van der Waals surface area contributed by atoms with Crippen molar-refractivity contribution in [1.82, 2.24) is 14.8 Å². The molecule has 0 atom stereocenters. The van der Waals surface area contributed by atoms with E-state index in [-0.39, 0.29) is 6.10 Å². The van der Waals surface area contributed by atoms with Gasteiger partial charge in [0, 0.05) is 22.9 Å². The van der Waals surface area contributed by atoms with Crippen molar-refractivity contribution in [2.45, 2.75) is 20.0 Å². The molecule has 0 aliphatic rings. The number of hydrogen-bond acceptors (Lipinski definition) is 4. The number of aliphatic carboxylic acids is 1. The Labute approximate surface area is 126 Å². The van der Waals surface area contributed by atoms with E-state index in [1.165, 1.54) is 17.2 Å². The van der Waals surface area contributed by atoms with Crippen LogP contribution >= 0.6 is 11.6 Å². The van der Waals surface area contributed by atoms with Gasteiger partial charge in [-0.15, -0.1) is 5.10 Å². The minimum absolute atomic E-state index is 0.0281. The quantitative estimate of drug-likeness (QED) is 0.859. The first kappa shape index (κ1) is 15.1. The zero-order chi connectivity index (χ0) is 15.4. The van der Waals surface area contributed by atoms with Crippen LogP contribution in [0.2, 0.25) is 5.02 Å². The van der Waals surface area contributed by atoms with E-state index >= 15 is 0 Å². The normalized spacial score (nSPS) is 11.2. The van der Waals surface area contributed by atoms with Crippen molar-refractivity contribution in [3.8, 4) is 17.1 Å². The van der Waals surface area contributed by atoms with Crippen LogP contribution in [-0.2, 0) is 4.79 Å². The standard InChI is InChI=1S/C14H14ClN3O3/c1-9(2)21-12-6-10(5-11(15)7-12)14-16-8-18(17-14)4-3-13(19)20/h3-9H,1-2H3,(H,19,20). The van der Waals surface area contributed by atoms with Crippen molar-refractivity contribution in [2.24, 2.45) is 0 Å². The number of aromatic nitrogens is 3. The van der Waals surface area contributed by atoms with Crippen LogP contribution in [0.4, 0.5) is 0 Å². The topological polar surface area (TPSA) is 77.2 Å². The summed E-state index contributed by atoms with van der Waals surface area (Å²) in [5.74, 6) is 0.00787. The molecule has 0 unspecified atom stereocenters. The Kier molecular flexibility index (Phi) is 4.59. The Morgan fingerprint density at radius 3 is 2.86 bits per heavy atom. The highest BCUT2D eigenvalue weighted by Gasteiger charge is 2.08. The van der Waals surface area contributed by atoms with E-state index in [2.05, 4.69) is 10.1 Å². The van der Waals surface area contributed by atoms with Crippen molar-refractivity contribution in [3.05, 3.63) is 35.6 Å². The van der Waals surface area contributed by atoms with Crippen molar-refractivity contribution >= 4 is 23.8 Å². The molecule has 6 nitrogen and oxygen atoms in total. The average Bonchev–Trinajstić information content (AvgIpc) is 2.83. The minimum atomic E-state index is -1.05. The number of halogens is 1. The SMILES string of the molecule is CC(C)Oc1cc(Cl)cc(-c2ncn(C=CC(=O)O)n2)c1. The molecule has 2 rings (SSSR count). The first-order valence-corrected chi connectivity index (χ1v) is 6.62. The molecule has 0 amide bonds. The van der Waals surface area contributed by atoms with Gasteiger partial charge in [-0.25, -0.2) is 14.5 Å². The summed E-state index contributed by atoms with van der Waals surface area (Å²) in [6.45, 7) is 3.84. The van der Waals surface area contributed by atoms with Gasteiger partial charge < -0.3 is 9.84 Å². The summed E-state index contributed by atoms with van der Waals surface area (Å²) in [5.41, 5.74) is 0.695. The van der Waals surface area contributed by atoms with Crippen molar-refractivity contribution in [3.63, 3.8) is 0 Å². The molecule has 1 aromatic heterocycles. The van der Waals surface area contributed by atoms with Crippen LogP contribution in [0.3, 0.4) is 0 Å². The molecular formula is C14H14ClN3O3. The van der Waals surface area contributed by atoms with Gasteiger partial charge in [-0.2, -0.15) is 0 Å². The Balaban J connectivity index is 2.29. The van der Waals surface area contributed by atoms with Crippen molar-refractivity contribution in [2.75, 3.05) is 0 Å². The molecule has 1 aromatic carbocycles. The van der Waals surface area contributed by atoms with Gasteiger partial charge in [-0.1, -0.05) is 11.6 Å². The molecule has 110 valence electrons. The Morgan fingerprint density at radius 1 is 1.43 bits per heavy atom. The van der Waals surface area contributed by atoms with Crippen molar-refractivity contribution in [1.29, 1.82) is 0 Å². The van der Waals surface area contributed by atoms with Gasteiger partial charge >= 0.3 is 5.97 Å². The van der Waals surface area contributed by atoms with Gasteiger partial charge in [-0.3, -0.25) is 0 Å². The fourth-order valence-electron chi connectivity index (χ4n) is 1.65. The smallest absolute Gasteiger partial charge is 0.329 e. The summed E-state index contributed by atoms with van der Waals surface area (Å²) >= 11 is 6.06. The summed E-state index contributed by atoms with van der Waals surface area (Å²) < 4.78 is 6.92. The summed E-state index contributed by atoms with van der Waals surface area (Å²) in [7, 11) is 0. The predicted octanol–water partition coefficient (Wildman–Crippen LogP) is 2.94. The highest BCUT2D eigenvalue weighted by molar-refractivity contribution is 6.31. The van der Waals surface area contributed by atoms with E-state index < -0.39 is 5.97 Å². The third-order valence-corrected chi connectivity index (χ3v) is 2.60. The van der Waals surface area contributed by atoms with E-state index in [0.29, 0.717) is 22.2 Å². The fourth-order valence-corrected chi connectivity index (χ4v) is 1.88. The zero-order valence-electron chi connectivity index (χ0n) is 11.5. The van der Waals surface area contributed by atoms with Gasteiger partial charge in [0.15, 0.2) is 5.82 Å². The molecule has 0 radical (unpaired) electrons. The maximum absolute atomic E-state index is 10.5. The minimum Gasteiger partial charge on any atom is -0.491 e. The number of carboxylic acids is 1.